The van der Waals surface area contributed by atoms with Gasteiger partial charge in [-0.1, -0.05) is 43.3 Å². The van der Waals surface area contributed by atoms with E-state index in [1.54, 1.807) is 0 Å². The number of hydrogen-bond acceptors (Lipinski definition) is 0. The third kappa shape index (κ3) is 2.24. The number of hydrogen-bond donors (Lipinski definition) is 0. The van der Waals surface area contributed by atoms with Crippen LogP contribution in [0.1, 0.15) is 24.0 Å². The topological polar surface area (TPSA) is 0 Å². The van der Waals surface area contributed by atoms with Crippen LogP contribution in [0.25, 0.3) is 0 Å². The van der Waals surface area contributed by atoms with Gasteiger partial charge in [-0.05, 0) is 29.3 Å². The second-order valence-electron chi connectivity index (χ2n) is 3.61. The van der Waals surface area contributed by atoms with E-state index in [0.29, 0.717) is 5.92 Å². The third-order valence-corrected chi connectivity index (χ3v) is 2.61. The van der Waals surface area contributed by atoms with Crippen molar-refractivity contribution in [3.8, 4) is 0 Å². The molecule has 0 spiro atoms. The van der Waals surface area contributed by atoms with Gasteiger partial charge < -0.3 is 0 Å². The standard InChI is InChI=1S/C14H12F/c1-11(12-5-3-2-4-6-12)13-7-9-14(15)10-8-13/h3-11H,1H3. The molecule has 0 aliphatic heterocycles. The molecule has 75 valence electrons. The van der Waals surface area contributed by atoms with Crippen molar-refractivity contribution < 1.29 is 4.39 Å². The van der Waals surface area contributed by atoms with Crippen LogP contribution in [0.15, 0.2) is 48.5 Å². The summed E-state index contributed by atoms with van der Waals surface area (Å²) in [6, 6.07) is 17.5. The predicted molar refractivity (Wildman–Crippen MR) is 59.2 cm³/mol. The molecule has 0 saturated heterocycles. The third-order valence-electron chi connectivity index (χ3n) is 2.61. The highest BCUT2D eigenvalue weighted by atomic mass is 19.1. The van der Waals surface area contributed by atoms with Crippen molar-refractivity contribution in [2.75, 3.05) is 0 Å². The number of rotatable bonds is 2. The molecule has 15 heavy (non-hydrogen) atoms. The fraction of sp³-hybridized carbons (Fsp3) is 0.143. The van der Waals surface area contributed by atoms with Crippen LogP contribution < -0.4 is 0 Å². The second kappa shape index (κ2) is 4.26. The first kappa shape index (κ1) is 9.91. The van der Waals surface area contributed by atoms with Gasteiger partial charge in [-0.3, -0.25) is 0 Å². The summed E-state index contributed by atoms with van der Waals surface area (Å²) in [5, 5.41) is 0. The Hall–Kier alpha value is -1.63. The minimum absolute atomic E-state index is 0.188. The Balaban J connectivity index is 2.29. The fourth-order valence-corrected chi connectivity index (χ4v) is 1.63. The van der Waals surface area contributed by atoms with Crippen molar-refractivity contribution in [2.45, 2.75) is 12.8 Å². The molecule has 0 bridgehead atoms. The summed E-state index contributed by atoms with van der Waals surface area (Å²) in [7, 11) is 0. The average Bonchev–Trinajstić information content (AvgIpc) is 2.30. The highest BCUT2D eigenvalue weighted by Crippen LogP contribution is 2.23. The van der Waals surface area contributed by atoms with E-state index in [2.05, 4.69) is 13.0 Å². The van der Waals surface area contributed by atoms with Crippen molar-refractivity contribution in [3.05, 3.63) is 71.5 Å². The molecule has 0 heterocycles. The van der Waals surface area contributed by atoms with Gasteiger partial charge in [0, 0.05) is 5.92 Å². The highest BCUT2D eigenvalue weighted by Gasteiger charge is 2.07. The Morgan fingerprint density at radius 1 is 0.933 bits per heavy atom. The van der Waals surface area contributed by atoms with Crippen LogP contribution in [0.2, 0.25) is 0 Å². The Morgan fingerprint density at radius 3 is 2.07 bits per heavy atom. The molecule has 0 N–H and O–H groups in total. The molecule has 1 radical (unpaired) electrons. The van der Waals surface area contributed by atoms with Crippen molar-refractivity contribution >= 4 is 0 Å². The minimum Gasteiger partial charge on any atom is -0.207 e. The largest absolute Gasteiger partial charge is 0.207 e. The molecular formula is C14H12F. The van der Waals surface area contributed by atoms with Crippen molar-refractivity contribution in [1.82, 2.24) is 0 Å². The maximum absolute atomic E-state index is 12.7. The second-order valence-corrected chi connectivity index (χ2v) is 3.61. The average molecular weight is 199 g/mol. The molecule has 2 aromatic carbocycles. The molecule has 1 unspecified atom stereocenters. The summed E-state index contributed by atoms with van der Waals surface area (Å²) in [6.07, 6.45) is 0. The van der Waals surface area contributed by atoms with Crippen molar-refractivity contribution in [3.63, 3.8) is 0 Å². The first-order valence-corrected chi connectivity index (χ1v) is 4.99. The lowest BCUT2D eigenvalue weighted by atomic mass is 9.93. The zero-order chi connectivity index (χ0) is 10.7. The van der Waals surface area contributed by atoms with E-state index in [-0.39, 0.29) is 5.82 Å². The van der Waals surface area contributed by atoms with Gasteiger partial charge in [-0.15, -0.1) is 0 Å². The van der Waals surface area contributed by atoms with Gasteiger partial charge in [0.15, 0.2) is 0 Å². The fourth-order valence-electron chi connectivity index (χ4n) is 1.63. The summed E-state index contributed by atoms with van der Waals surface area (Å²) in [6.45, 7) is 2.11. The van der Waals surface area contributed by atoms with Crippen LogP contribution in [0.4, 0.5) is 4.39 Å². The molecule has 0 saturated carbocycles. The summed E-state index contributed by atoms with van der Waals surface area (Å²) in [5.41, 5.74) is 2.35. The minimum atomic E-state index is -0.188. The van der Waals surface area contributed by atoms with Gasteiger partial charge in [-0.25, -0.2) is 4.39 Å². The summed E-state index contributed by atoms with van der Waals surface area (Å²) in [5.74, 6) is 0.104. The monoisotopic (exact) mass is 199 g/mol. The molecule has 0 aliphatic carbocycles. The summed E-state index contributed by atoms with van der Waals surface area (Å²) in [4.78, 5) is 0. The summed E-state index contributed by atoms with van der Waals surface area (Å²) >= 11 is 0. The Bertz CT molecular complexity index is 417. The lowest BCUT2D eigenvalue weighted by molar-refractivity contribution is 0.626. The molecule has 0 amide bonds. The SMILES string of the molecule is CC(c1cc[c]cc1)c1ccc(F)cc1. The van der Waals surface area contributed by atoms with Crippen molar-refractivity contribution in [2.24, 2.45) is 0 Å². The molecule has 0 nitrogen and oxygen atoms in total. The molecule has 2 rings (SSSR count). The van der Waals surface area contributed by atoms with E-state index >= 15 is 0 Å². The van der Waals surface area contributed by atoms with Gasteiger partial charge in [0.2, 0.25) is 0 Å². The lowest BCUT2D eigenvalue weighted by Crippen LogP contribution is -1.95. The number of benzene rings is 2. The molecule has 2 aromatic rings. The maximum atomic E-state index is 12.7. The smallest absolute Gasteiger partial charge is 0.123 e. The molecule has 0 aromatic heterocycles. The Labute approximate surface area is 89.4 Å². The van der Waals surface area contributed by atoms with Crippen LogP contribution >= 0.6 is 0 Å². The van der Waals surface area contributed by atoms with Gasteiger partial charge in [0.1, 0.15) is 5.82 Å². The van der Waals surface area contributed by atoms with Crippen LogP contribution in [-0.2, 0) is 0 Å². The highest BCUT2D eigenvalue weighted by molar-refractivity contribution is 5.31. The Morgan fingerprint density at radius 2 is 1.47 bits per heavy atom. The summed E-state index contributed by atoms with van der Waals surface area (Å²) < 4.78 is 12.7. The van der Waals surface area contributed by atoms with E-state index in [9.17, 15) is 4.39 Å². The molecule has 0 fully saturated rings. The molecular weight excluding hydrogens is 187 g/mol. The van der Waals surface area contributed by atoms with Gasteiger partial charge >= 0.3 is 0 Å². The van der Waals surface area contributed by atoms with E-state index in [4.69, 9.17) is 0 Å². The van der Waals surface area contributed by atoms with E-state index in [0.717, 1.165) is 5.56 Å². The van der Waals surface area contributed by atoms with Gasteiger partial charge in [-0.2, -0.15) is 0 Å². The normalized spacial score (nSPS) is 12.4. The predicted octanol–water partition coefficient (Wildman–Crippen LogP) is 3.78. The zero-order valence-electron chi connectivity index (χ0n) is 8.57. The first-order valence-electron chi connectivity index (χ1n) is 4.99. The Kier molecular flexibility index (Phi) is 2.82. The van der Waals surface area contributed by atoms with E-state index < -0.39 is 0 Å². The quantitative estimate of drug-likeness (QED) is 0.690. The van der Waals surface area contributed by atoms with Crippen molar-refractivity contribution in [1.29, 1.82) is 0 Å². The van der Waals surface area contributed by atoms with Crippen LogP contribution in [0.3, 0.4) is 0 Å². The molecule has 0 aliphatic rings. The first-order chi connectivity index (χ1) is 7.27. The van der Waals surface area contributed by atoms with Crippen LogP contribution in [-0.4, -0.2) is 0 Å². The molecule has 1 heteroatoms. The number of halogens is 1. The van der Waals surface area contributed by atoms with E-state index in [1.807, 2.05) is 36.4 Å². The molecule has 1 atom stereocenters. The van der Waals surface area contributed by atoms with Gasteiger partial charge in [0.05, 0.1) is 0 Å². The van der Waals surface area contributed by atoms with Crippen LogP contribution in [0.5, 0.6) is 0 Å². The lowest BCUT2D eigenvalue weighted by Gasteiger charge is -2.11. The van der Waals surface area contributed by atoms with Gasteiger partial charge in [0.25, 0.3) is 0 Å². The van der Waals surface area contributed by atoms with E-state index in [1.165, 1.54) is 17.7 Å². The zero-order valence-corrected chi connectivity index (χ0v) is 8.57. The maximum Gasteiger partial charge on any atom is 0.123 e. The van der Waals surface area contributed by atoms with Crippen LogP contribution in [0, 0.1) is 11.9 Å².